The van der Waals surface area contributed by atoms with Crippen LogP contribution < -0.4 is 10.1 Å². The van der Waals surface area contributed by atoms with E-state index in [1.165, 1.54) is 18.4 Å². The zero-order valence-electron chi connectivity index (χ0n) is 14.7. The lowest BCUT2D eigenvalue weighted by Crippen LogP contribution is -2.23. The van der Waals surface area contributed by atoms with Crippen molar-refractivity contribution in [3.8, 4) is 5.75 Å². The second-order valence-corrected chi connectivity index (χ2v) is 7.00. The van der Waals surface area contributed by atoms with Crippen LogP contribution in [-0.4, -0.2) is 12.4 Å². The Balaban J connectivity index is 1.79. The van der Waals surface area contributed by atoms with E-state index < -0.39 is 0 Å². The van der Waals surface area contributed by atoms with E-state index in [0.717, 1.165) is 21.9 Å². The van der Waals surface area contributed by atoms with Gasteiger partial charge in [0.05, 0.1) is 6.61 Å². The highest BCUT2D eigenvalue weighted by molar-refractivity contribution is 6.30. The molecule has 0 bridgehead atoms. The smallest absolute Gasteiger partial charge is 0.159 e. The number of benzene rings is 2. The predicted molar refractivity (Wildman–Crippen MR) is 101 cm³/mol. The minimum Gasteiger partial charge on any atom is -0.494 e. The Bertz CT molecular complexity index is 738. The number of carbonyl (C=O) groups excluding carboxylic acids is 1. The van der Waals surface area contributed by atoms with E-state index in [9.17, 15) is 4.79 Å². The van der Waals surface area contributed by atoms with Crippen LogP contribution >= 0.6 is 11.6 Å². The molecule has 4 heteroatoms. The Labute approximate surface area is 154 Å². The molecule has 1 N–H and O–H groups in total. The first kappa shape index (κ1) is 18.0. The Morgan fingerprint density at radius 2 is 1.96 bits per heavy atom. The normalized spacial score (nSPS) is 15.0. The summed E-state index contributed by atoms with van der Waals surface area (Å²) in [4.78, 5) is 11.7. The van der Waals surface area contributed by atoms with Crippen LogP contribution in [0.3, 0.4) is 0 Å². The summed E-state index contributed by atoms with van der Waals surface area (Å²) in [6.45, 7) is 4.83. The fraction of sp³-hybridized carbons (Fsp3) is 0.381. The maximum absolute atomic E-state index is 11.7. The summed E-state index contributed by atoms with van der Waals surface area (Å²) < 4.78 is 5.73. The van der Waals surface area contributed by atoms with Crippen LogP contribution in [0.2, 0.25) is 5.02 Å². The number of ether oxygens (including phenoxy) is 1. The zero-order chi connectivity index (χ0) is 17.8. The topological polar surface area (TPSA) is 38.3 Å². The summed E-state index contributed by atoms with van der Waals surface area (Å²) in [6.07, 6.45) is 2.48. The number of nitrogens with one attached hydrogen (secondary N) is 1. The summed E-state index contributed by atoms with van der Waals surface area (Å²) >= 11 is 6.02. The van der Waals surface area contributed by atoms with Crippen molar-refractivity contribution in [3.05, 3.63) is 64.2 Å². The molecule has 1 atom stereocenters. The van der Waals surface area contributed by atoms with Gasteiger partial charge in [-0.25, -0.2) is 0 Å². The first-order valence-corrected chi connectivity index (χ1v) is 9.21. The second-order valence-electron chi connectivity index (χ2n) is 6.56. The molecule has 0 radical (unpaired) electrons. The van der Waals surface area contributed by atoms with Gasteiger partial charge < -0.3 is 10.1 Å². The summed E-state index contributed by atoms with van der Waals surface area (Å²) in [6, 6.07) is 14.0. The molecule has 0 saturated heterocycles. The average molecular weight is 358 g/mol. The predicted octanol–water partition coefficient (Wildman–Crippen LogP) is 5.18. The lowest BCUT2D eigenvalue weighted by Gasteiger charge is -2.20. The Hall–Kier alpha value is -1.84. The summed E-state index contributed by atoms with van der Waals surface area (Å²) in [7, 11) is 0. The van der Waals surface area contributed by atoms with E-state index in [-0.39, 0.29) is 5.78 Å². The van der Waals surface area contributed by atoms with Crippen LogP contribution in [0, 0.1) is 5.92 Å². The molecule has 0 aromatic heterocycles. The van der Waals surface area contributed by atoms with Crippen molar-refractivity contribution in [1.29, 1.82) is 0 Å². The molecule has 0 spiro atoms. The van der Waals surface area contributed by atoms with E-state index in [0.29, 0.717) is 25.1 Å². The van der Waals surface area contributed by atoms with E-state index in [4.69, 9.17) is 16.3 Å². The third-order valence-electron chi connectivity index (χ3n) is 4.60. The molecule has 1 fully saturated rings. The molecule has 1 aliphatic rings. The van der Waals surface area contributed by atoms with Gasteiger partial charge in [0.25, 0.3) is 0 Å². The number of carbonyl (C=O) groups is 1. The molecule has 0 aliphatic heterocycles. The van der Waals surface area contributed by atoms with E-state index in [2.05, 4.69) is 17.4 Å². The fourth-order valence-corrected chi connectivity index (χ4v) is 3.24. The Kier molecular flexibility index (Phi) is 5.77. The van der Waals surface area contributed by atoms with Crippen molar-refractivity contribution in [2.24, 2.45) is 5.92 Å². The lowest BCUT2D eigenvalue weighted by molar-refractivity contribution is 0.101. The van der Waals surface area contributed by atoms with E-state index >= 15 is 0 Å². The molecule has 2 aromatic rings. The van der Waals surface area contributed by atoms with Gasteiger partial charge in [-0.15, -0.1) is 0 Å². The second kappa shape index (κ2) is 8.03. The quantitative estimate of drug-likeness (QED) is 0.661. The van der Waals surface area contributed by atoms with Crippen molar-refractivity contribution in [3.63, 3.8) is 0 Å². The molecule has 1 unspecified atom stereocenters. The largest absolute Gasteiger partial charge is 0.494 e. The molecule has 0 heterocycles. The van der Waals surface area contributed by atoms with E-state index in [1.807, 2.05) is 37.3 Å². The lowest BCUT2D eigenvalue weighted by atomic mass is 10.0. The van der Waals surface area contributed by atoms with Crippen LogP contribution in [0.4, 0.5) is 0 Å². The van der Waals surface area contributed by atoms with Crippen molar-refractivity contribution in [1.82, 2.24) is 5.32 Å². The monoisotopic (exact) mass is 357 g/mol. The number of rotatable bonds is 8. The van der Waals surface area contributed by atoms with Gasteiger partial charge in [-0.2, -0.15) is 0 Å². The van der Waals surface area contributed by atoms with Gasteiger partial charge in [0.2, 0.25) is 0 Å². The van der Waals surface area contributed by atoms with Crippen LogP contribution in [0.15, 0.2) is 42.5 Å². The van der Waals surface area contributed by atoms with Gasteiger partial charge in [-0.3, -0.25) is 4.79 Å². The molecule has 1 aliphatic carbocycles. The first-order chi connectivity index (χ1) is 12.1. The van der Waals surface area contributed by atoms with Crippen LogP contribution in [-0.2, 0) is 6.54 Å². The van der Waals surface area contributed by atoms with E-state index in [1.54, 1.807) is 6.92 Å². The minimum atomic E-state index is 0.0701. The minimum absolute atomic E-state index is 0.0701. The highest BCUT2D eigenvalue weighted by Gasteiger charge is 2.32. The molecular weight excluding hydrogens is 334 g/mol. The molecule has 132 valence electrons. The fourth-order valence-electron chi connectivity index (χ4n) is 3.11. The molecule has 3 rings (SSSR count). The van der Waals surface area contributed by atoms with Gasteiger partial charge in [-0.05, 0) is 68.5 Å². The van der Waals surface area contributed by atoms with Crippen molar-refractivity contribution >= 4 is 17.4 Å². The van der Waals surface area contributed by atoms with Gasteiger partial charge in [0.1, 0.15) is 5.75 Å². The van der Waals surface area contributed by atoms with Crippen LogP contribution in [0.1, 0.15) is 54.2 Å². The number of ketones is 1. The molecule has 3 nitrogen and oxygen atoms in total. The Morgan fingerprint density at radius 1 is 1.24 bits per heavy atom. The summed E-state index contributed by atoms with van der Waals surface area (Å²) in [5.41, 5.74) is 3.00. The molecule has 0 amide bonds. The van der Waals surface area contributed by atoms with Gasteiger partial charge >= 0.3 is 0 Å². The third-order valence-corrected chi connectivity index (χ3v) is 4.85. The highest BCUT2D eigenvalue weighted by atomic mass is 35.5. The van der Waals surface area contributed by atoms with Gasteiger partial charge in [-0.1, -0.05) is 23.7 Å². The number of halogens is 1. The van der Waals surface area contributed by atoms with Crippen LogP contribution in [0.25, 0.3) is 0 Å². The standard InChI is InChI=1S/C21H24ClNO2/c1-3-25-20-11-8-17(14(2)24)12-18(20)13-23-21(15-4-5-15)16-6-9-19(22)10-7-16/h6-12,15,21,23H,3-5,13H2,1-2H3. The van der Waals surface area contributed by atoms with Crippen molar-refractivity contribution in [2.75, 3.05) is 6.61 Å². The summed E-state index contributed by atoms with van der Waals surface area (Å²) in [5, 5.41) is 4.42. The van der Waals surface area contributed by atoms with Crippen molar-refractivity contribution in [2.45, 2.75) is 39.3 Å². The highest BCUT2D eigenvalue weighted by Crippen LogP contribution is 2.41. The Morgan fingerprint density at radius 3 is 2.56 bits per heavy atom. The number of hydrogen-bond donors (Lipinski definition) is 1. The molecular formula is C21H24ClNO2. The molecule has 1 saturated carbocycles. The third kappa shape index (κ3) is 4.62. The van der Waals surface area contributed by atoms with Crippen LogP contribution in [0.5, 0.6) is 5.75 Å². The number of Topliss-reactive ketones (excluding diaryl/α,β-unsaturated/α-hetero) is 1. The maximum Gasteiger partial charge on any atom is 0.159 e. The van der Waals surface area contributed by atoms with Crippen molar-refractivity contribution < 1.29 is 9.53 Å². The average Bonchev–Trinajstić information content (AvgIpc) is 3.43. The number of hydrogen-bond acceptors (Lipinski definition) is 3. The molecule has 2 aromatic carbocycles. The zero-order valence-corrected chi connectivity index (χ0v) is 15.5. The van der Waals surface area contributed by atoms with Gasteiger partial charge in [0.15, 0.2) is 5.78 Å². The SMILES string of the molecule is CCOc1ccc(C(C)=O)cc1CNC(c1ccc(Cl)cc1)C1CC1. The molecule has 25 heavy (non-hydrogen) atoms. The van der Waals surface area contributed by atoms with Gasteiger partial charge in [0, 0.05) is 28.7 Å². The summed E-state index contributed by atoms with van der Waals surface area (Å²) in [5.74, 6) is 1.57. The first-order valence-electron chi connectivity index (χ1n) is 8.84. The maximum atomic E-state index is 11.7.